The van der Waals surface area contributed by atoms with Crippen molar-refractivity contribution in [3.63, 3.8) is 0 Å². The third kappa shape index (κ3) is 3.43. The standard InChI is InChI=1S/C12H22N2O3/c1-8-3-5-12(6-4-8,11(16)17)7-14-10(15)9(2)13/h8-9H,3-7,13H2,1-2H3,(H,14,15)(H,16,17)/t8?,9-,12?/m0/s1. The number of hydrogen-bond donors (Lipinski definition) is 3. The number of carboxylic acid groups (broad SMARTS) is 1. The van der Waals surface area contributed by atoms with Gasteiger partial charge in [0.15, 0.2) is 0 Å². The van der Waals surface area contributed by atoms with E-state index in [-0.39, 0.29) is 12.5 Å². The van der Waals surface area contributed by atoms with Gasteiger partial charge in [-0.25, -0.2) is 0 Å². The van der Waals surface area contributed by atoms with E-state index in [1.807, 2.05) is 0 Å². The van der Waals surface area contributed by atoms with E-state index in [0.717, 1.165) is 12.8 Å². The number of nitrogens with two attached hydrogens (primary N) is 1. The Morgan fingerprint density at radius 2 is 2.00 bits per heavy atom. The van der Waals surface area contributed by atoms with E-state index in [9.17, 15) is 14.7 Å². The van der Waals surface area contributed by atoms with Crippen molar-refractivity contribution in [2.24, 2.45) is 17.1 Å². The predicted molar refractivity (Wildman–Crippen MR) is 64.4 cm³/mol. The molecule has 0 aromatic rings. The van der Waals surface area contributed by atoms with Crippen LogP contribution >= 0.6 is 0 Å². The van der Waals surface area contributed by atoms with Gasteiger partial charge in [-0.05, 0) is 38.5 Å². The molecule has 0 aromatic carbocycles. The van der Waals surface area contributed by atoms with E-state index in [0.29, 0.717) is 18.8 Å². The highest BCUT2D eigenvalue weighted by Crippen LogP contribution is 2.38. The molecule has 0 unspecified atom stereocenters. The lowest BCUT2D eigenvalue weighted by atomic mass is 9.71. The Morgan fingerprint density at radius 3 is 2.41 bits per heavy atom. The Balaban J connectivity index is 2.61. The summed E-state index contributed by atoms with van der Waals surface area (Å²) in [6, 6.07) is -0.594. The second kappa shape index (κ2) is 5.49. The Kier molecular flexibility index (Phi) is 4.51. The molecule has 5 heteroatoms. The zero-order valence-electron chi connectivity index (χ0n) is 10.5. The van der Waals surface area contributed by atoms with Crippen LogP contribution in [-0.2, 0) is 9.59 Å². The fraction of sp³-hybridized carbons (Fsp3) is 0.833. The molecule has 0 spiro atoms. The molecule has 98 valence electrons. The molecule has 1 aliphatic carbocycles. The summed E-state index contributed by atoms with van der Waals surface area (Å²) < 4.78 is 0. The molecule has 1 saturated carbocycles. The van der Waals surface area contributed by atoms with Crippen LogP contribution in [0.15, 0.2) is 0 Å². The number of rotatable bonds is 4. The van der Waals surface area contributed by atoms with Crippen LogP contribution in [0.3, 0.4) is 0 Å². The van der Waals surface area contributed by atoms with E-state index in [1.54, 1.807) is 6.92 Å². The fourth-order valence-corrected chi connectivity index (χ4v) is 2.20. The smallest absolute Gasteiger partial charge is 0.311 e. The van der Waals surface area contributed by atoms with Crippen molar-refractivity contribution in [1.82, 2.24) is 5.32 Å². The van der Waals surface area contributed by atoms with Crippen LogP contribution in [0, 0.1) is 11.3 Å². The average molecular weight is 242 g/mol. The zero-order valence-corrected chi connectivity index (χ0v) is 10.5. The zero-order chi connectivity index (χ0) is 13.1. The molecule has 0 radical (unpaired) electrons. The van der Waals surface area contributed by atoms with Crippen LogP contribution in [-0.4, -0.2) is 29.6 Å². The highest BCUT2D eigenvalue weighted by molar-refractivity contribution is 5.82. The normalized spacial score (nSPS) is 30.6. The molecule has 17 heavy (non-hydrogen) atoms. The second-order valence-electron chi connectivity index (χ2n) is 5.27. The Bertz CT molecular complexity index is 294. The van der Waals surface area contributed by atoms with Crippen molar-refractivity contribution in [2.45, 2.75) is 45.6 Å². The summed E-state index contributed by atoms with van der Waals surface area (Å²) in [5, 5.41) is 12.0. The molecule has 1 amide bonds. The fourth-order valence-electron chi connectivity index (χ4n) is 2.20. The number of carbonyl (C=O) groups is 2. The molecule has 5 nitrogen and oxygen atoms in total. The highest BCUT2D eigenvalue weighted by atomic mass is 16.4. The molecule has 0 aliphatic heterocycles. The molecule has 1 atom stereocenters. The van der Waals surface area contributed by atoms with Crippen LogP contribution < -0.4 is 11.1 Å². The average Bonchev–Trinajstić information content (AvgIpc) is 2.27. The number of carboxylic acids is 1. The van der Waals surface area contributed by atoms with Gasteiger partial charge in [0, 0.05) is 6.54 Å². The summed E-state index contributed by atoms with van der Waals surface area (Å²) in [4.78, 5) is 22.8. The van der Waals surface area contributed by atoms with Gasteiger partial charge in [0.05, 0.1) is 11.5 Å². The monoisotopic (exact) mass is 242 g/mol. The van der Waals surface area contributed by atoms with Gasteiger partial charge in [-0.15, -0.1) is 0 Å². The van der Waals surface area contributed by atoms with E-state index in [2.05, 4.69) is 12.2 Å². The van der Waals surface area contributed by atoms with Gasteiger partial charge in [-0.1, -0.05) is 6.92 Å². The van der Waals surface area contributed by atoms with Crippen molar-refractivity contribution in [3.8, 4) is 0 Å². The first-order valence-electron chi connectivity index (χ1n) is 6.14. The third-order valence-corrected chi connectivity index (χ3v) is 3.70. The first kappa shape index (κ1) is 14.0. The van der Waals surface area contributed by atoms with Crippen molar-refractivity contribution < 1.29 is 14.7 Å². The molecule has 1 fully saturated rings. The molecule has 0 heterocycles. The van der Waals surface area contributed by atoms with Gasteiger partial charge in [-0.2, -0.15) is 0 Å². The number of carbonyl (C=O) groups excluding carboxylic acids is 1. The van der Waals surface area contributed by atoms with Gasteiger partial charge in [0.1, 0.15) is 0 Å². The van der Waals surface area contributed by atoms with Gasteiger partial charge < -0.3 is 16.2 Å². The van der Waals surface area contributed by atoms with E-state index < -0.39 is 17.4 Å². The van der Waals surface area contributed by atoms with Gasteiger partial charge in [0.2, 0.25) is 5.91 Å². The quantitative estimate of drug-likeness (QED) is 0.677. The second-order valence-corrected chi connectivity index (χ2v) is 5.27. The first-order chi connectivity index (χ1) is 7.87. The highest BCUT2D eigenvalue weighted by Gasteiger charge is 2.41. The van der Waals surface area contributed by atoms with Crippen LogP contribution in [0.2, 0.25) is 0 Å². The largest absolute Gasteiger partial charge is 0.481 e. The minimum absolute atomic E-state index is 0.190. The molecular weight excluding hydrogens is 220 g/mol. The number of hydrogen-bond acceptors (Lipinski definition) is 3. The maximum Gasteiger partial charge on any atom is 0.311 e. The SMILES string of the molecule is CC1CCC(CNC(=O)[C@H](C)N)(C(=O)O)CC1. The summed E-state index contributed by atoms with van der Waals surface area (Å²) in [6.45, 7) is 3.91. The van der Waals surface area contributed by atoms with Crippen LogP contribution in [0.25, 0.3) is 0 Å². The lowest BCUT2D eigenvalue weighted by Gasteiger charge is -2.36. The Hall–Kier alpha value is -1.10. The summed E-state index contributed by atoms with van der Waals surface area (Å²) in [5.74, 6) is -0.523. The van der Waals surface area contributed by atoms with Gasteiger partial charge >= 0.3 is 5.97 Å². The van der Waals surface area contributed by atoms with Crippen molar-refractivity contribution >= 4 is 11.9 Å². The Morgan fingerprint density at radius 1 is 1.47 bits per heavy atom. The maximum atomic E-state index is 11.4. The minimum Gasteiger partial charge on any atom is -0.481 e. The van der Waals surface area contributed by atoms with Gasteiger partial charge in [-0.3, -0.25) is 9.59 Å². The summed E-state index contributed by atoms with van der Waals surface area (Å²) >= 11 is 0. The van der Waals surface area contributed by atoms with Crippen molar-refractivity contribution in [1.29, 1.82) is 0 Å². The number of aliphatic carboxylic acids is 1. The van der Waals surface area contributed by atoms with Crippen LogP contribution in [0.4, 0.5) is 0 Å². The summed E-state index contributed by atoms with van der Waals surface area (Å²) in [5.41, 5.74) is 4.64. The molecule has 0 aromatic heterocycles. The molecular formula is C12H22N2O3. The Labute approximate surface area is 102 Å². The van der Waals surface area contributed by atoms with Crippen LogP contribution in [0.5, 0.6) is 0 Å². The van der Waals surface area contributed by atoms with Crippen LogP contribution in [0.1, 0.15) is 39.5 Å². The van der Waals surface area contributed by atoms with E-state index >= 15 is 0 Å². The topological polar surface area (TPSA) is 92.4 Å². The van der Waals surface area contributed by atoms with E-state index in [4.69, 9.17) is 5.73 Å². The third-order valence-electron chi connectivity index (χ3n) is 3.70. The minimum atomic E-state index is -0.811. The molecule has 1 aliphatic rings. The molecule has 1 rings (SSSR count). The lowest BCUT2D eigenvalue weighted by Crippen LogP contribution is -2.48. The van der Waals surface area contributed by atoms with Crippen molar-refractivity contribution in [3.05, 3.63) is 0 Å². The molecule has 0 bridgehead atoms. The molecule has 4 N–H and O–H groups in total. The lowest BCUT2D eigenvalue weighted by molar-refractivity contribution is -0.151. The molecule has 0 saturated heterocycles. The predicted octanol–water partition coefficient (Wildman–Crippen LogP) is 0.731. The number of nitrogens with one attached hydrogen (secondary N) is 1. The number of amides is 1. The summed E-state index contributed by atoms with van der Waals surface area (Å²) in [7, 11) is 0. The summed E-state index contributed by atoms with van der Waals surface area (Å²) in [6.07, 6.45) is 3.06. The maximum absolute atomic E-state index is 11.4. The van der Waals surface area contributed by atoms with Crippen molar-refractivity contribution in [2.75, 3.05) is 6.54 Å². The van der Waals surface area contributed by atoms with E-state index in [1.165, 1.54) is 0 Å². The first-order valence-corrected chi connectivity index (χ1v) is 6.14. The van der Waals surface area contributed by atoms with Gasteiger partial charge in [0.25, 0.3) is 0 Å².